The topological polar surface area (TPSA) is 70.8 Å². The van der Waals surface area contributed by atoms with E-state index in [1.165, 1.54) is 12.1 Å². The highest BCUT2D eigenvalue weighted by atomic mass is 35.5. The van der Waals surface area contributed by atoms with Gasteiger partial charge in [-0.05, 0) is 12.1 Å². The highest BCUT2D eigenvalue weighted by Crippen LogP contribution is 2.27. The third-order valence-corrected chi connectivity index (χ3v) is 2.94. The second-order valence-corrected chi connectivity index (χ2v) is 4.79. The van der Waals surface area contributed by atoms with Gasteiger partial charge in [0.1, 0.15) is 0 Å². The summed E-state index contributed by atoms with van der Waals surface area (Å²) in [6, 6.07) is 2.90. The number of nitrogen functional groups attached to an aromatic ring is 1. The van der Waals surface area contributed by atoms with Gasteiger partial charge < -0.3 is 19.9 Å². The summed E-state index contributed by atoms with van der Waals surface area (Å²) in [5.41, 5.74) is 6.04. The van der Waals surface area contributed by atoms with Crippen LogP contribution >= 0.6 is 23.2 Å². The molecule has 0 saturated carbocycles. The number of rotatable bonds is 8. The fourth-order valence-electron chi connectivity index (χ4n) is 1.40. The van der Waals surface area contributed by atoms with Crippen molar-refractivity contribution >= 4 is 34.9 Å². The van der Waals surface area contributed by atoms with Crippen molar-refractivity contribution < 1.29 is 19.0 Å². The van der Waals surface area contributed by atoms with Crippen molar-refractivity contribution in [2.24, 2.45) is 0 Å². The van der Waals surface area contributed by atoms with Gasteiger partial charge >= 0.3 is 5.97 Å². The van der Waals surface area contributed by atoms with Crippen LogP contribution in [0.4, 0.5) is 5.69 Å². The molecule has 0 aromatic heterocycles. The molecule has 0 aliphatic rings. The molecule has 2 N–H and O–H groups in total. The van der Waals surface area contributed by atoms with Crippen molar-refractivity contribution in [3.63, 3.8) is 0 Å². The Morgan fingerprint density at radius 2 is 1.95 bits per heavy atom. The van der Waals surface area contributed by atoms with Gasteiger partial charge in [-0.3, -0.25) is 0 Å². The molecule has 0 spiro atoms. The normalized spacial score (nSPS) is 10.6. The monoisotopic (exact) mass is 321 g/mol. The van der Waals surface area contributed by atoms with Crippen molar-refractivity contribution in [3.05, 3.63) is 27.7 Å². The summed E-state index contributed by atoms with van der Waals surface area (Å²) < 4.78 is 15.1. The van der Waals surface area contributed by atoms with Gasteiger partial charge in [0.15, 0.2) is 0 Å². The Kier molecular flexibility index (Phi) is 7.69. The molecule has 20 heavy (non-hydrogen) atoms. The van der Waals surface area contributed by atoms with Crippen LogP contribution in [0, 0.1) is 0 Å². The van der Waals surface area contributed by atoms with Crippen molar-refractivity contribution in [1.29, 1.82) is 0 Å². The summed E-state index contributed by atoms with van der Waals surface area (Å²) in [5, 5.41) is 0.561. The third-order valence-electron chi connectivity index (χ3n) is 2.41. The van der Waals surface area contributed by atoms with Crippen LogP contribution in [0.3, 0.4) is 0 Å². The lowest BCUT2D eigenvalue weighted by Crippen LogP contribution is -2.11. The number of ether oxygens (including phenoxy) is 3. The van der Waals surface area contributed by atoms with Gasteiger partial charge in [-0.1, -0.05) is 23.2 Å². The molecule has 0 radical (unpaired) electrons. The Morgan fingerprint density at radius 1 is 1.20 bits per heavy atom. The van der Waals surface area contributed by atoms with E-state index in [0.717, 1.165) is 0 Å². The number of halogens is 2. The SMILES string of the molecule is COCCOCCCOC(=O)c1cc(Cl)cc(Cl)c1N. The maximum absolute atomic E-state index is 11.8. The van der Waals surface area contributed by atoms with E-state index in [1.807, 2.05) is 0 Å². The molecular weight excluding hydrogens is 305 g/mol. The van der Waals surface area contributed by atoms with E-state index in [4.69, 9.17) is 43.1 Å². The number of hydrogen-bond donors (Lipinski definition) is 1. The highest BCUT2D eigenvalue weighted by molar-refractivity contribution is 6.37. The van der Waals surface area contributed by atoms with Crippen LogP contribution in [0.5, 0.6) is 0 Å². The number of benzene rings is 1. The summed E-state index contributed by atoms with van der Waals surface area (Å²) in [6.07, 6.45) is 0.587. The Labute approximate surface area is 127 Å². The summed E-state index contributed by atoms with van der Waals surface area (Å²) in [7, 11) is 1.60. The smallest absolute Gasteiger partial charge is 0.340 e. The summed E-state index contributed by atoms with van der Waals surface area (Å²) in [4.78, 5) is 11.8. The minimum atomic E-state index is -0.552. The Balaban J connectivity index is 2.36. The van der Waals surface area contributed by atoms with E-state index in [-0.39, 0.29) is 22.9 Å². The van der Waals surface area contributed by atoms with Gasteiger partial charge in [-0.15, -0.1) is 0 Å². The molecule has 0 bridgehead atoms. The highest BCUT2D eigenvalue weighted by Gasteiger charge is 2.14. The number of anilines is 1. The van der Waals surface area contributed by atoms with Gasteiger partial charge in [-0.2, -0.15) is 0 Å². The summed E-state index contributed by atoms with van der Waals surface area (Å²) in [6.45, 7) is 1.77. The Hall–Kier alpha value is -1.01. The molecule has 0 saturated heterocycles. The third kappa shape index (κ3) is 5.54. The first-order valence-electron chi connectivity index (χ1n) is 6.04. The van der Waals surface area contributed by atoms with Gasteiger partial charge in [0.05, 0.1) is 36.1 Å². The predicted molar refractivity (Wildman–Crippen MR) is 78.5 cm³/mol. The van der Waals surface area contributed by atoms with Crippen molar-refractivity contribution in [1.82, 2.24) is 0 Å². The molecule has 0 atom stereocenters. The molecule has 0 fully saturated rings. The molecule has 0 unspecified atom stereocenters. The molecule has 1 rings (SSSR count). The molecule has 0 amide bonds. The zero-order valence-corrected chi connectivity index (χ0v) is 12.7. The van der Waals surface area contributed by atoms with E-state index in [2.05, 4.69) is 0 Å². The zero-order valence-electron chi connectivity index (χ0n) is 11.2. The van der Waals surface area contributed by atoms with E-state index in [0.29, 0.717) is 31.3 Å². The molecule has 1 aromatic carbocycles. The largest absolute Gasteiger partial charge is 0.462 e. The molecule has 0 heterocycles. The van der Waals surface area contributed by atoms with Gasteiger partial charge in [0.25, 0.3) is 0 Å². The average Bonchev–Trinajstić information content (AvgIpc) is 2.41. The van der Waals surface area contributed by atoms with Crippen LogP contribution in [0.25, 0.3) is 0 Å². The van der Waals surface area contributed by atoms with E-state index >= 15 is 0 Å². The maximum Gasteiger partial charge on any atom is 0.340 e. The first kappa shape index (κ1) is 17.0. The summed E-state index contributed by atoms with van der Waals surface area (Å²) >= 11 is 11.7. The first-order valence-corrected chi connectivity index (χ1v) is 6.80. The second-order valence-electron chi connectivity index (χ2n) is 3.94. The van der Waals surface area contributed by atoms with E-state index < -0.39 is 5.97 Å². The second kappa shape index (κ2) is 9.02. The van der Waals surface area contributed by atoms with Crippen molar-refractivity contribution in [2.75, 3.05) is 39.3 Å². The van der Waals surface area contributed by atoms with Crippen LogP contribution in [0.2, 0.25) is 10.0 Å². The number of nitrogens with two attached hydrogens (primary N) is 1. The lowest BCUT2D eigenvalue weighted by molar-refractivity contribution is 0.0386. The molecule has 112 valence electrons. The first-order chi connectivity index (χ1) is 9.56. The van der Waals surface area contributed by atoms with Crippen LogP contribution in [-0.4, -0.2) is 39.5 Å². The number of carbonyl (C=O) groups is 1. The molecule has 7 heteroatoms. The quantitative estimate of drug-likeness (QED) is 0.453. The maximum atomic E-state index is 11.8. The fourth-order valence-corrected chi connectivity index (χ4v) is 1.89. The minimum absolute atomic E-state index is 0.164. The number of hydrogen-bond acceptors (Lipinski definition) is 5. The van der Waals surface area contributed by atoms with E-state index in [1.54, 1.807) is 7.11 Å². The van der Waals surface area contributed by atoms with Crippen molar-refractivity contribution in [3.8, 4) is 0 Å². The summed E-state index contributed by atoms with van der Waals surface area (Å²) in [5.74, 6) is -0.552. The lowest BCUT2D eigenvalue weighted by Gasteiger charge is -2.09. The molecule has 0 aliphatic carbocycles. The van der Waals surface area contributed by atoms with Crippen LogP contribution in [0.15, 0.2) is 12.1 Å². The fraction of sp³-hybridized carbons (Fsp3) is 0.462. The Morgan fingerprint density at radius 3 is 2.65 bits per heavy atom. The van der Waals surface area contributed by atoms with Gasteiger partial charge in [-0.25, -0.2) is 4.79 Å². The predicted octanol–water partition coefficient (Wildman–Crippen LogP) is 2.79. The van der Waals surface area contributed by atoms with Gasteiger partial charge in [0, 0.05) is 25.2 Å². The lowest BCUT2D eigenvalue weighted by atomic mass is 10.2. The van der Waals surface area contributed by atoms with Crippen LogP contribution < -0.4 is 5.73 Å². The minimum Gasteiger partial charge on any atom is -0.462 e. The van der Waals surface area contributed by atoms with Crippen molar-refractivity contribution in [2.45, 2.75) is 6.42 Å². The molecule has 5 nitrogen and oxygen atoms in total. The average molecular weight is 322 g/mol. The molecule has 1 aromatic rings. The standard InChI is InChI=1S/C13H17Cl2NO4/c1-18-5-6-19-3-2-4-20-13(17)10-7-9(14)8-11(15)12(10)16/h7-8H,2-6,16H2,1H3. The number of carbonyl (C=O) groups excluding carboxylic acids is 1. The Bertz CT molecular complexity index is 454. The van der Waals surface area contributed by atoms with E-state index in [9.17, 15) is 4.79 Å². The van der Waals surface area contributed by atoms with Gasteiger partial charge in [0.2, 0.25) is 0 Å². The molecular formula is C13H17Cl2NO4. The zero-order chi connectivity index (χ0) is 15.0. The molecule has 0 aliphatic heterocycles. The van der Waals surface area contributed by atoms with Crippen LogP contribution in [0.1, 0.15) is 16.8 Å². The number of esters is 1. The van der Waals surface area contributed by atoms with Crippen LogP contribution in [-0.2, 0) is 14.2 Å². The number of methoxy groups -OCH3 is 1.